The molecule has 1 aromatic heterocycles. The van der Waals surface area contributed by atoms with Gasteiger partial charge >= 0.3 is 34.2 Å². The third kappa shape index (κ3) is 2.53. The Morgan fingerprint density at radius 2 is 1.00 bits per heavy atom. The number of hydrogen-bond donors (Lipinski definition) is 0. The van der Waals surface area contributed by atoms with Crippen molar-refractivity contribution in [3.05, 3.63) is 60.7 Å². The van der Waals surface area contributed by atoms with E-state index in [0.29, 0.717) is 0 Å². The number of aromatic nitrogens is 2. The molecule has 0 aliphatic rings. The summed E-state index contributed by atoms with van der Waals surface area (Å²) in [4.78, 5) is 61.2. The Morgan fingerprint density at radius 1 is 0.593 bits per heavy atom. The maximum Gasteiger partial charge on any atom is 0.498 e. The molecule has 0 bridgehead atoms. The number of nitro benzene ring substituents is 4. The lowest BCUT2D eigenvalue weighted by Gasteiger charge is -1.98. The smallest absolute Gasteiger partial charge is 0.390 e. The Hall–Kier alpha value is -4.91. The van der Waals surface area contributed by atoms with Gasteiger partial charge in [0.15, 0.2) is 0 Å². The molecule has 0 atom stereocenters. The summed E-state index contributed by atoms with van der Waals surface area (Å²) in [5, 5.41) is 65.0. The molecule has 0 saturated carbocycles. The fraction of sp³-hybridized carbons (Fsp3) is 0. The van der Waals surface area contributed by atoms with Crippen LogP contribution in [0, 0.1) is 60.7 Å². The fourth-order valence-electron chi connectivity index (χ4n) is 2.19. The highest BCUT2D eigenvalue weighted by atomic mass is 16.7. The minimum atomic E-state index is -2.07. The van der Waals surface area contributed by atoms with Gasteiger partial charge in [0, 0.05) is 0 Å². The van der Waals surface area contributed by atoms with E-state index in [-0.39, 0.29) is 0 Å². The Morgan fingerprint density at radius 3 is 1.33 bits per heavy atom. The van der Waals surface area contributed by atoms with Crippen LogP contribution in [0.5, 0.6) is 0 Å². The second-order valence-electron chi connectivity index (χ2n) is 4.34. The number of nitro groups is 6. The molecule has 0 aliphatic heterocycles. The molecule has 20 heteroatoms. The zero-order valence-corrected chi connectivity index (χ0v) is 12.0. The van der Waals surface area contributed by atoms with Gasteiger partial charge < -0.3 is 10.1 Å². The number of hydrogen-bond acceptors (Lipinski definition) is 13. The van der Waals surface area contributed by atoms with Crippen LogP contribution < -0.4 is 0 Å². The van der Waals surface area contributed by atoms with Crippen LogP contribution in [0.2, 0.25) is 0 Å². The lowest BCUT2D eigenvalue weighted by atomic mass is 10.1. The molecule has 20 nitrogen and oxygen atoms in total. The fourth-order valence-corrected chi connectivity index (χ4v) is 2.19. The predicted octanol–water partition coefficient (Wildman–Crippen LogP) is 0.617. The average Bonchev–Trinajstić information content (AvgIpc) is 2.91. The number of nitrogens with zero attached hydrogens (tertiary/aromatic N) is 8. The molecule has 0 spiro atoms. The Labute approximate surface area is 141 Å². The molecule has 0 aliphatic carbocycles. The zero-order chi connectivity index (χ0) is 20.8. The van der Waals surface area contributed by atoms with E-state index in [9.17, 15) is 60.7 Å². The van der Waals surface area contributed by atoms with Crippen molar-refractivity contribution < 1.29 is 29.6 Å². The standard InChI is InChI=1S/C7N8O12/c16-10(17)3-1-2(9(15(26)27)7(8-1)14(24)25)4(11(18)19)6(13(22)23)5(3)12(20)21. The molecule has 0 amide bonds. The van der Waals surface area contributed by atoms with E-state index in [2.05, 4.69) is 4.98 Å². The van der Waals surface area contributed by atoms with Gasteiger partial charge in [0.05, 0.1) is 24.4 Å². The van der Waals surface area contributed by atoms with Crippen LogP contribution in [-0.4, -0.2) is 39.3 Å². The first-order valence-corrected chi connectivity index (χ1v) is 5.90. The van der Waals surface area contributed by atoms with Gasteiger partial charge in [0.1, 0.15) is 0 Å². The van der Waals surface area contributed by atoms with Crippen molar-refractivity contribution in [2.45, 2.75) is 0 Å². The molecule has 2 rings (SSSR count). The lowest BCUT2D eigenvalue weighted by Crippen LogP contribution is -2.13. The number of imidazole rings is 1. The van der Waals surface area contributed by atoms with E-state index in [4.69, 9.17) is 0 Å². The number of fused-ring (bicyclic) bond motifs is 1. The van der Waals surface area contributed by atoms with Crippen molar-refractivity contribution in [3.8, 4) is 0 Å². The third-order valence-corrected chi connectivity index (χ3v) is 3.02. The van der Waals surface area contributed by atoms with Crippen LogP contribution in [0.25, 0.3) is 11.0 Å². The number of rotatable bonds is 6. The molecule has 0 N–H and O–H groups in total. The van der Waals surface area contributed by atoms with Crippen molar-refractivity contribution in [3.63, 3.8) is 0 Å². The Kier molecular flexibility index (Phi) is 4.00. The predicted molar refractivity (Wildman–Crippen MR) is 75.4 cm³/mol. The summed E-state index contributed by atoms with van der Waals surface area (Å²) in [5.74, 6) is -1.80. The van der Waals surface area contributed by atoms with E-state index in [1.807, 2.05) is 0 Å². The number of benzene rings is 1. The van der Waals surface area contributed by atoms with Crippen LogP contribution in [0.1, 0.15) is 0 Å². The quantitative estimate of drug-likeness (QED) is 0.484. The van der Waals surface area contributed by atoms with E-state index in [1.165, 1.54) is 0 Å². The zero-order valence-electron chi connectivity index (χ0n) is 12.0. The van der Waals surface area contributed by atoms with E-state index in [1.54, 1.807) is 0 Å². The minimum Gasteiger partial charge on any atom is -0.390 e. The summed E-state index contributed by atoms with van der Waals surface area (Å²) in [6.07, 6.45) is 0. The van der Waals surface area contributed by atoms with Gasteiger partial charge in [0.2, 0.25) is 5.03 Å². The van der Waals surface area contributed by atoms with Crippen molar-refractivity contribution in [1.82, 2.24) is 9.66 Å². The molecule has 0 saturated heterocycles. The summed E-state index contributed by atoms with van der Waals surface area (Å²) in [7, 11) is 0. The SMILES string of the molecule is O=[N+]([O-])c1c([N+](=O)[O-])c([N+](=O)[O-])c2c(nc([N+](=O)[O-])n2[N+](=O)[O-])c1[N+](=O)[O-]. The molecule has 140 valence electrons. The van der Waals surface area contributed by atoms with E-state index in [0.717, 1.165) is 0 Å². The molecule has 27 heavy (non-hydrogen) atoms. The van der Waals surface area contributed by atoms with Crippen LogP contribution >= 0.6 is 0 Å². The molecule has 1 aromatic carbocycles. The molecule has 0 radical (unpaired) electrons. The summed E-state index contributed by atoms with van der Waals surface area (Å²) in [6, 6.07) is 0. The van der Waals surface area contributed by atoms with Gasteiger partial charge in [-0.2, -0.15) is 0 Å². The highest BCUT2D eigenvalue weighted by molar-refractivity contribution is 6.03. The molecule has 0 fully saturated rings. The molecule has 2 aromatic rings. The first kappa shape index (κ1) is 18.4. The van der Waals surface area contributed by atoms with Crippen molar-refractivity contribution in [2.75, 3.05) is 0 Å². The molecule has 1 heterocycles. The van der Waals surface area contributed by atoms with Gasteiger partial charge in [-0.25, -0.2) is 10.1 Å². The van der Waals surface area contributed by atoms with Crippen LogP contribution in [0.3, 0.4) is 0 Å². The monoisotopic (exact) mass is 388 g/mol. The highest BCUT2D eigenvalue weighted by Gasteiger charge is 2.55. The second kappa shape index (κ2) is 5.87. The maximum absolute atomic E-state index is 11.2. The van der Waals surface area contributed by atoms with Gasteiger partial charge in [-0.3, -0.25) is 40.5 Å². The Balaban J connectivity index is 3.44. The van der Waals surface area contributed by atoms with Crippen molar-refractivity contribution in [2.24, 2.45) is 0 Å². The van der Waals surface area contributed by atoms with Crippen LogP contribution in [-0.2, 0) is 0 Å². The topological polar surface area (TPSA) is 277 Å². The normalized spacial score (nSPS) is 10.5. The summed E-state index contributed by atoms with van der Waals surface area (Å²) in [5.41, 5.74) is -11.0. The molecular formula is C7N8O12. The van der Waals surface area contributed by atoms with Crippen LogP contribution in [0.15, 0.2) is 0 Å². The first-order chi connectivity index (χ1) is 12.4. The maximum atomic E-state index is 11.2. The third-order valence-electron chi connectivity index (χ3n) is 3.02. The minimum absolute atomic E-state index is 0.711. The average molecular weight is 388 g/mol. The largest absolute Gasteiger partial charge is 0.498 e. The molecular weight excluding hydrogens is 388 g/mol. The van der Waals surface area contributed by atoms with Gasteiger partial charge in [0.25, 0.3) is 5.52 Å². The van der Waals surface area contributed by atoms with Crippen molar-refractivity contribution >= 4 is 39.7 Å². The lowest BCUT2D eigenvalue weighted by molar-refractivity contribution is -0.557. The highest BCUT2D eigenvalue weighted by Crippen LogP contribution is 2.49. The first-order valence-electron chi connectivity index (χ1n) is 5.90. The van der Waals surface area contributed by atoms with E-state index >= 15 is 0 Å². The summed E-state index contributed by atoms with van der Waals surface area (Å²) < 4.78 is -0.711. The molecule has 0 unspecified atom stereocenters. The van der Waals surface area contributed by atoms with Crippen molar-refractivity contribution in [1.29, 1.82) is 0 Å². The van der Waals surface area contributed by atoms with Gasteiger partial charge in [-0.15, -0.1) is 0 Å². The summed E-state index contributed by atoms with van der Waals surface area (Å²) in [6.45, 7) is 0. The summed E-state index contributed by atoms with van der Waals surface area (Å²) >= 11 is 0. The van der Waals surface area contributed by atoms with Crippen LogP contribution in [0.4, 0.5) is 28.7 Å². The van der Waals surface area contributed by atoms with E-state index < -0.39 is 74.1 Å². The Bertz CT molecular complexity index is 1100. The second-order valence-corrected chi connectivity index (χ2v) is 4.34. The van der Waals surface area contributed by atoms with Gasteiger partial charge in [-0.05, 0) is 4.92 Å². The van der Waals surface area contributed by atoms with Gasteiger partial charge in [-0.1, -0.05) is 4.98 Å².